The summed E-state index contributed by atoms with van der Waals surface area (Å²) in [5.74, 6) is 1.18. The molecule has 198 valence electrons. The number of Topliss-reactive ketones (excluding diaryl/α,β-unsaturated/α-hetero) is 1. The highest BCUT2D eigenvalue weighted by Crippen LogP contribution is 2.31. The molecule has 38 heavy (non-hydrogen) atoms. The van der Waals surface area contributed by atoms with Crippen molar-refractivity contribution in [2.75, 3.05) is 33.2 Å². The molecule has 2 aliphatic rings. The molecule has 2 saturated heterocycles. The number of thiophene rings is 1. The normalized spacial score (nSPS) is 18.6. The van der Waals surface area contributed by atoms with Crippen molar-refractivity contribution in [2.45, 2.75) is 50.7 Å². The first-order valence-electron chi connectivity index (χ1n) is 13.9. The fraction of sp³-hybridized carbons (Fsp3) is 0.419. The number of likely N-dealkylation sites (tertiary alicyclic amines) is 2. The summed E-state index contributed by atoms with van der Waals surface area (Å²) in [6.45, 7) is 4.15. The van der Waals surface area contributed by atoms with E-state index in [0.29, 0.717) is 6.42 Å². The van der Waals surface area contributed by atoms with Crippen LogP contribution in [0.3, 0.4) is 0 Å². The summed E-state index contributed by atoms with van der Waals surface area (Å²) in [5.41, 5.74) is 5.10. The third-order valence-corrected chi connectivity index (χ3v) is 8.72. The van der Waals surface area contributed by atoms with Gasteiger partial charge in [-0.3, -0.25) is 14.8 Å². The van der Waals surface area contributed by atoms with Crippen LogP contribution in [0, 0.1) is 0 Å². The molecule has 0 aliphatic carbocycles. The van der Waals surface area contributed by atoms with Crippen LogP contribution in [0.1, 0.15) is 49.3 Å². The summed E-state index contributed by atoms with van der Waals surface area (Å²) in [6.07, 6.45) is 6.42. The number of H-pyrrole nitrogens is 1. The van der Waals surface area contributed by atoms with E-state index in [0.717, 1.165) is 78.1 Å². The predicted octanol–water partition coefficient (Wildman–Crippen LogP) is 6.10. The monoisotopic (exact) mass is 528 g/mol. The van der Waals surface area contributed by atoms with Gasteiger partial charge in [-0.05, 0) is 110 Å². The second-order valence-electron chi connectivity index (χ2n) is 10.8. The molecule has 0 saturated carbocycles. The number of fused-ring (bicyclic) bond motifs is 1. The Hall–Kier alpha value is -3.00. The highest BCUT2D eigenvalue weighted by molar-refractivity contribution is 7.08. The van der Waals surface area contributed by atoms with Crippen molar-refractivity contribution in [1.29, 1.82) is 0 Å². The molecule has 7 heteroatoms. The third-order valence-electron chi connectivity index (χ3n) is 8.02. The maximum atomic E-state index is 13.7. The Morgan fingerprint density at radius 1 is 1.05 bits per heavy atom. The molecule has 4 heterocycles. The second-order valence-corrected chi connectivity index (χ2v) is 11.6. The fourth-order valence-corrected chi connectivity index (χ4v) is 6.56. The van der Waals surface area contributed by atoms with Gasteiger partial charge in [0.25, 0.3) is 0 Å². The molecule has 1 N–H and O–H groups in total. The fourth-order valence-electron chi connectivity index (χ4n) is 5.88. The molecule has 2 aromatic heterocycles. The Morgan fingerprint density at radius 3 is 2.58 bits per heavy atom. The summed E-state index contributed by atoms with van der Waals surface area (Å²) in [6, 6.07) is 16.5. The topological polar surface area (TPSA) is 61.5 Å². The maximum Gasteiger partial charge on any atom is 0.158 e. The average Bonchev–Trinajstić information content (AvgIpc) is 3.62. The molecule has 1 unspecified atom stereocenters. The lowest BCUT2D eigenvalue weighted by atomic mass is 9.95. The number of hydrogen-bond donors (Lipinski definition) is 1. The van der Waals surface area contributed by atoms with Crippen molar-refractivity contribution in [2.24, 2.45) is 0 Å². The summed E-state index contributed by atoms with van der Waals surface area (Å²) in [5, 5.41) is 13.1. The molecular formula is C31H36N4O2S. The van der Waals surface area contributed by atoms with Gasteiger partial charge in [0.2, 0.25) is 0 Å². The number of aromatic amines is 1. The van der Waals surface area contributed by atoms with E-state index < -0.39 is 0 Å². The lowest BCUT2D eigenvalue weighted by Gasteiger charge is -2.33. The zero-order valence-corrected chi connectivity index (χ0v) is 22.9. The quantitative estimate of drug-likeness (QED) is 0.299. The van der Waals surface area contributed by atoms with E-state index in [9.17, 15) is 4.79 Å². The van der Waals surface area contributed by atoms with Crippen LogP contribution in [-0.2, 0) is 11.2 Å². The Balaban J connectivity index is 1.19. The van der Waals surface area contributed by atoms with Crippen LogP contribution in [0.25, 0.3) is 22.2 Å². The predicted molar refractivity (Wildman–Crippen MR) is 154 cm³/mol. The molecule has 1 atom stereocenters. The van der Waals surface area contributed by atoms with Crippen LogP contribution in [0.4, 0.5) is 0 Å². The molecule has 6 nitrogen and oxygen atoms in total. The van der Waals surface area contributed by atoms with Crippen LogP contribution in [0.5, 0.6) is 5.75 Å². The van der Waals surface area contributed by atoms with Gasteiger partial charge in [-0.25, -0.2) is 0 Å². The molecule has 4 aromatic rings. The zero-order chi connectivity index (χ0) is 25.9. The van der Waals surface area contributed by atoms with Crippen molar-refractivity contribution < 1.29 is 9.53 Å². The molecule has 0 amide bonds. The van der Waals surface area contributed by atoms with E-state index in [-0.39, 0.29) is 17.9 Å². The SMILES string of the molecule is CN1CCC(Oc2ccc(-c3n[nH]c4ccc(CC(=O)C(c5ccsc5)N5CCCCC5)cc34)cc2)CC1. The summed E-state index contributed by atoms with van der Waals surface area (Å²) in [7, 11) is 2.16. The number of ether oxygens (including phenoxy) is 1. The van der Waals surface area contributed by atoms with Crippen LogP contribution in [-0.4, -0.2) is 65.1 Å². The maximum absolute atomic E-state index is 13.7. The van der Waals surface area contributed by atoms with Crippen LogP contribution < -0.4 is 4.74 Å². The zero-order valence-electron chi connectivity index (χ0n) is 22.1. The summed E-state index contributed by atoms with van der Waals surface area (Å²) >= 11 is 1.67. The number of nitrogens with zero attached hydrogens (tertiary/aromatic N) is 3. The van der Waals surface area contributed by atoms with Crippen molar-refractivity contribution in [3.63, 3.8) is 0 Å². The van der Waals surface area contributed by atoms with E-state index in [1.165, 1.54) is 19.3 Å². The van der Waals surface area contributed by atoms with Crippen LogP contribution in [0.2, 0.25) is 0 Å². The number of piperidine rings is 2. The first-order valence-corrected chi connectivity index (χ1v) is 14.8. The summed E-state index contributed by atoms with van der Waals surface area (Å²) < 4.78 is 6.23. The van der Waals surface area contributed by atoms with E-state index in [1.54, 1.807) is 11.3 Å². The molecular weight excluding hydrogens is 492 g/mol. The second kappa shape index (κ2) is 11.4. The van der Waals surface area contributed by atoms with Crippen molar-refractivity contribution in [3.8, 4) is 17.0 Å². The highest BCUT2D eigenvalue weighted by atomic mass is 32.1. The number of nitrogens with one attached hydrogen (secondary N) is 1. The average molecular weight is 529 g/mol. The van der Waals surface area contributed by atoms with Gasteiger partial charge in [0.05, 0.1) is 17.3 Å². The number of benzene rings is 2. The Labute approximate surface area is 228 Å². The number of carbonyl (C=O) groups is 1. The molecule has 0 bridgehead atoms. The Morgan fingerprint density at radius 2 is 1.84 bits per heavy atom. The van der Waals surface area contributed by atoms with Crippen molar-refractivity contribution in [1.82, 2.24) is 20.0 Å². The van der Waals surface area contributed by atoms with Crippen molar-refractivity contribution in [3.05, 3.63) is 70.4 Å². The van der Waals surface area contributed by atoms with Crippen molar-refractivity contribution >= 4 is 28.0 Å². The molecule has 2 aromatic carbocycles. The Kier molecular flexibility index (Phi) is 7.58. The van der Waals surface area contributed by atoms with Gasteiger partial charge in [-0.15, -0.1) is 0 Å². The smallest absolute Gasteiger partial charge is 0.158 e. The minimum atomic E-state index is -0.154. The van der Waals surface area contributed by atoms with Gasteiger partial charge in [0.1, 0.15) is 11.9 Å². The van der Waals surface area contributed by atoms with E-state index in [4.69, 9.17) is 4.74 Å². The van der Waals surface area contributed by atoms with E-state index >= 15 is 0 Å². The van der Waals surface area contributed by atoms with Crippen LogP contribution in [0.15, 0.2) is 59.3 Å². The number of aromatic nitrogens is 2. The molecule has 0 radical (unpaired) electrons. The highest BCUT2D eigenvalue weighted by Gasteiger charge is 2.29. The van der Waals surface area contributed by atoms with Gasteiger partial charge in [0.15, 0.2) is 5.78 Å². The first-order chi connectivity index (χ1) is 18.6. The number of hydrogen-bond acceptors (Lipinski definition) is 6. The van der Waals surface area contributed by atoms with Gasteiger partial charge >= 0.3 is 0 Å². The van der Waals surface area contributed by atoms with Gasteiger partial charge < -0.3 is 9.64 Å². The van der Waals surface area contributed by atoms with Gasteiger partial charge in [-0.1, -0.05) is 12.5 Å². The first kappa shape index (κ1) is 25.3. The molecule has 6 rings (SSSR count). The minimum absolute atomic E-state index is 0.154. The molecule has 2 aliphatic heterocycles. The lowest BCUT2D eigenvalue weighted by molar-refractivity contribution is -0.124. The number of ketones is 1. The molecule has 2 fully saturated rings. The standard InChI is InChI=1S/C31H36N4O2S/c1-34-16-11-26(12-17-34)37-25-8-6-23(7-9-25)30-27-19-22(5-10-28(27)32-33-30)20-29(36)31(24-13-18-38-21-24)35-14-3-2-4-15-35/h5-10,13,18-19,21,26,31H,2-4,11-12,14-17,20H2,1H3,(H,32,33). The van der Waals surface area contributed by atoms with E-state index in [1.807, 2.05) is 18.2 Å². The number of rotatable bonds is 8. The minimum Gasteiger partial charge on any atom is -0.490 e. The largest absolute Gasteiger partial charge is 0.490 e. The summed E-state index contributed by atoms with van der Waals surface area (Å²) in [4.78, 5) is 18.4. The van der Waals surface area contributed by atoms with Gasteiger partial charge in [0, 0.05) is 30.5 Å². The van der Waals surface area contributed by atoms with Crippen LogP contribution >= 0.6 is 11.3 Å². The van der Waals surface area contributed by atoms with Gasteiger partial charge in [-0.2, -0.15) is 16.4 Å². The third kappa shape index (κ3) is 5.55. The lowest BCUT2D eigenvalue weighted by Crippen LogP contribution is -2.38. The molecule has 0 spiro atoms. The van der Waals surface area contributed by atoms with E-state index in [2.05, 4.69) is 68.1 Å². The number of carbonyl (C=O) groups excluding carboxylic acids is 1. The Bertz CT molecular complexity index is 1350.